The highest BCUT2D eigenvalue weighted by molar-refractivity contribution is 7.99. The molecular formula is C11H20N4OS. The van der Waals surface area contributed by atoms with Crippen molar-refractivity contribution in [2.45, 2.75) is 45.4 Å². The molecular weight excluding hydrogens is 236 g/mol. The van der Waals surface area contributed by atoms with E-state index in [0.29, 0.717) is 17.1 Å². The van der Waals surface area contributed by atoms with Crippen LogP contribution in [0.2, 0.25) is 0 Å². The zero-order valence-electron chi connectivity index (χ0n) is 10.9. The van der Waals surface area contributed by atoms with Gasteiger partial charge >= 0.3 is 6.01 Å². The Balaban J connectivity index is 2.84. The zero-order valence-corrected chi connectivity index (χ0v) is 11.7. The molecule has 0 saturated heterocycles. The van der Waals surface area contributed by atoms with Gasteiger partial charge in [0, 0.05) is 12.3 Å². The smallest absolute Gasteiger partial charge is 0.322 e. The van der Waals surface area contributed by atoms with Crippen molar-refractivity contribution in [3.63, 3.8) is 0 Å². The van der Waals surface area contributed by atoms with E-state index in [9.17, 15) is 0 Å². The Labute approximate surface area is 107 Å². The molecule has 0 radical (unpaired) electrons. The van der Waals surface area contributed by atoms with Gasteiger partial charge in [0.15, 0.2) is 5.16 Å². The average molecular weight is 256 g/mol. The van der Waals surface area contributed by atoms with Crippen LogP contribution >= 0.6 is 11.8 Å². The minimum atomic E-state index is 0.0656. The van der Waals surface area contributed by atoms with Crippen molar-refractivity contribution < 1.29 is 4.74 Å². The van der Waals surface area contributed by atoms with Crippen LogP contribution in [-0.2, 0) is 0 Å². The summed E-state index contributed by atoms with van der Waals surface area (Å²) in [5.74, 6) is 1.58. The van der Waals surface area contributed by atoms with Gasteiger partial charge in [0.1, 0.15) is 0 Å². The summed E-state index contributed by atoms with van der Waals surface area (Å²) in [6, 6.07) is 0.393. The molecule has 0 aliphatic rings. The number of hydrogen-bond acceptors (Lipinski definition) is 6. The Morgan fingerprint density at radius 3 is 2.59 bits per heavy atom. The molecule has 96 valence electrons. The zero-order chi connectivity index (χ0) is 12.7. The number of ether oxygens (including phenoxy) is 1. The van der Waals surface area contributed by atoms with Gasteiger partial charge < -0.3 is 10.1 Å². The van der Waals surface area contributed by atoms with E-state index in [-0.39, 0.29) is 6.10 Å². The fourth-order valence-electron chi connectivity index (χ4n) is 1.10. The maximum absolute atomic E-state index is 5.51. The van der Waals surface area contributed by atoms with E-state index in [1.807, 2.05) is 20.8 Å². The van der Waals surface area contributed by atoms with E-state index in [1.165, 1.54) is 0 Å². The predicted molar refractivity (Wildman–Crippen MR) is 70.8 cm³/mol. The number of hydrogen-bond donors (Lipinski definition) is 1. The lowest BCUT2D eigenvalue weighted by molar-refractivity contribution is 0.219. The summed E-state index contributed by atoms with van der Waals surface area (Å²) in [7, 11) is 0. The van der Waals surface area contributed by atoms with Crippen molar-refractivity contribution in [2.24, 2.45) is 0 Å². The minimum absolute atomic E-state index is 0.0656. The van der Waals surface area contributed by atoms with Crippen molar-refractivity contribution in [1.82, 2.24) is 15.0 Å². The summed E-state index contributed by atoms with van der Waals surface area (Å²) in [6.45, 7) is 8.82. The first kappa shape index (κ1) is 14.0. The van der Waals surface area contributed by atoms with Gasteiger partial charge in [-0.2, -0.15) is 15.0 Å². The fourth-order valence-corrected chi connectivity index (χ4v) is 1.78. The molecule has 1 aromatic heterocycles. The van der Waals surface area contributed by atoms with Crippen LogP contribution in [-0.4, -0.2) is 33.4 Å². The lowest BCUT2D eigenvalue weighted by Crippen LogP contribution is -2.12. The van der Waals surface area contributed by atoms with E-state index < -0.39 is 0 Å². The van der Waals surface area contributed by atoms with Crippen molar-refractivity contribution in [1.29, 1.82) is 0 Å². The van der Waals surface area contributed by atoms with Crippen molar-refractivity contribution in [3.05, 3.63) is 0 Å². The van der Waals surface area contributed by atoms with Gasteiger partial charge in [0.2, 0.25) is 5.95 Å². The second kappa shape index (κ2) is 7.32. The van der Waals surface area contributed by atoms with Crippen LogP contribution in [0.4, 0.5) is 5.95 Å². The lowest BCUT2D eigenvalue weighted by Gasteiger charge is -2.10. The first-order valence-electron chi connectivity index (χ1n) is 5.95. The van der Waals surface area contributed by atoms with E-state index in [4.69, 9.17) is 4.74 Å². The maximum Gasteiger partial charge on any atom is 0.322 e. The Kier molecular flexibility index (Phi) is 6.04. The summed E-state index contributed by atoms with van der Waals surface area (Å²) in [5, 5.41) is 3.80. The number of aromatic nitrogens is 3. The Bertz CT molecular complexity index is 346. The van der Waals surface area contributed by atoms with Gasteiger partial charge in [-0.15, -0.1) is 0 Å². The third kappa shape index (κ3) is 5.21. The largest absolute Gasteiger partial charge is 0.461 e. The number of thioether (sulfide) groups is 1. The van der Waals surface area contributed by atoms with Crippen LogP contribution in [0.1, 0.15) is 34.1 Å². The monoisotopic (exact) mass is 256 g/mol. The van der Waals surface area contributed by atoms with Crippen LogP contribution < -0.4 is 10.1 Å². The van der Waals surface area contributed by atoms with Crippen LogP contribution in [0.15, 0.2) is 5.16 Å². The third-order valence-electron chi connectivity index (χ3n) is 1.71. The number of rotatable bonds is 7. The first-order valence-corrected chi connectivity index (χ1v) is 6.93. The molecule has 1 rings (SSSR count). The van der Waals surface area contributed by atoms with Crippen molar-refractivity contribution in [2.75, 3.05) is 17.6 Å². The molecule has 1 heterocycles. The van der Waals surface area contributed by atoms with Crippen LogP contribution in [0.5, 0.6) is 6.01 Å². The fraction of sp³-hybridized carbons (Fsp3) is 0.727. The van der Waals surface area contributed by atoms with Gasteiger partial charge in [0.25, 0.3) is 0 Å². The molecule has 5 nitrogen and oxygen atoms in total. The maximum atomic E-state index is 5.51. The van der Waals surface area contributed by atoms with Crippen molar-refractivity contribution >= 4 is 17.7 Å². The molecule has 6 heteroatoms. The average Bonchev–Trinajstić information content (AvgIpc) is 2.25. The molecule has 0 bridgehead atoms. The molecule has 0 saturated carbocycles. The molecule has 0 aliphatic carbocycles. The minimum Gasteiger partial charge on any atom is -0.461 e. The van der Waals surface area contributed by atoms with E-state index in [0.717, 1.165) is 18.7 Å². The van der Waals surface area contributed by atoms with Gasteiger partial charge in [-0.1, -0.05) is 18.7 Å². The molecule has 0 aliphatic heterocycles. The highest BCUT2D eigenvalue weighted by Gasteiger charge is 2.08. The summed E-state index contributed by atoms with van der Waals surface area (Å²) in [5.41, 5.74) is 0. The summed E-state index contributed by atoms with van der Waals surface area (Å²) >= 11 is 1.62. The van der Waals surface area contributed by atoms with Gasteiger partial charge in [0.05, 0.1) is 6.10 Å². The SMILES string of the molecule is CCCSc1nc(NCC)nc(OC(C)C)n1. The highest BCUT2D eigenvalue weighted by Crippen LogP contribution is 2.18. The van der Waals surface area contributed by atoms with Crippen LogP contribution in [0, 0.1) is 0 Å². The molecule has 0 spiro atoms. The van der Waals surface area contributed by atoms with Gasteiger partial charge in [-0.05, 0) is 27.2 Å². The molecule has 1 aromatic rings. The molecule has 0 fully saturated rings. The molecule has 0 amide bonds. The predicted octanol–water partition coefficient (Wildman–Crippen LogP) is 2.59. The number of nitrogens with one attached hydrogen (secondary N) is 1. The molecule has 0 unspecified atom stereocenters. The van der Waals surface area contributed by atoms with Crippen LogP contribution in [0.3, 0.4) is 0 Å². The first-order chi connectivity index (χ1) is 8.15. The summed E-state index contributed by atoms with van der Waals surface area (Å²) < 4.78 is 5.51. The Morgan fingerprint density at radius 1 is 1.24 bits per heavy atom. The Morgan fingerprint density at radius 2 is 2.00 bits per heavy atom. The van der Waals surface area contributed by atoms with E-state index in [2.05, 4.69) is 27.2 Å². The van der Waals surface area contributed by atoms with Gasteiger partial charge in [-0.25, -0.2) is 0 Å². The van der Waals surface area contributed by atoms with Crippen LogP contribution in [0.25, 0.3) is 0 Å². The second-order valence-electron chi connectivity index (χ2n) is 3.77. The topological polar surface area (TPSA) is 59.9 Å². The van der Waals surface area contributed by atoms with E-state index in [1.54, 1.807) is 11.8 Å². The van der Waals surface area contributed by atoms with E-state index >= 15 is 0 Å². The quantitative estimate of drug-likeness (QED) is 0.757. The number of anilines is 1. The molecule has 1 N–H and O–H groups in total. The van der Waals surface area contributed by atoms with Crippen molar-refractivity contribution in [3.8, 4) is 6.01 Å². The summed E-state index contributed by atoms with van der Waals surface area (Å²) in [6.07, 6.45) is 1.16. The third-order valence-corrected chi connectivity index (χ3v) is 2.76. The number of nitrogens with zero attached hydrogens (tertiary/aromatic N) is 3. The molecule has 17 heavy (non-hydrogen) atoms. The lowest BCUT2D eigenvalue weighted by atomic mass is 10.5. The molecule has 0 aromatic carbocycles. The molecule has 0 atom stereocenters. The van der Waals surface area contributed by atoms with Gasteiger partial charge in [-0.3, -0.25) is 0 Å². The normalized spacial score (nSPS) is 10.6. The standard InChI is InChI=1S/C11H20N4OS/c1-5-7-17-11-14-9(12-6-2)13-10(15-11)16-8(3)4/h8H,5-7H2,1-4H3,(H,12,13,14,15). The second-order valence-corrected chi connectivity index (χ2v) is 4.83. The summed E-state index contributed by atoms with van der Waals surface area (Å²) in [4.78, 5) is 12.8. The Hall–Kier alpha value is -1.04. The highest BCUT2D eigenvalue weighted by atomic mass is 32.2.